The Labute approximate surface area is 197 Å². The standard InChI is InChI=1S/C31H21N3/c1-2-22(12-10-11-19-32)33-28-17-8-6-15-24(28)26-21-31-27(20-30(26)33)25-16-7-9-18-29(25)34(31)23-13-4-3-5-14-23/h2-18,20-21H,1H2/b11-10+,22-12+. The van der Waals surface area contributed by atoms with E-state index in [1.54, 1.807) is 6.08 Å². The van der Waals surface area contributed by atoms with Crippen molar-refractivity contribution in [2.24, 2.45) is 0 Å². The molecule has 0 amide bonds. The minimum atomic E-state index is 0.920. The Balaban J connectivity index is 1.80. The van der Waals surface area contributed by atoms with Gasteiger partial charge < -0.3 is 9.13 Å². The first-order valence-corrected chi connectivity index (χ1v) is 11.2. The van der Waals surface area contributed by atoms with Crippen LogP contribution in [0, 0.1) is 11.3 Å². The number of aromatic nitrogens is 2. The summed E-state index contributed by atoms with van der Waals surface area (Å²) in [7, 11) is 0. The fourth-order valence-corrected chi connectivity index (χ4v) is 4.99. The number of nitrogens with zero attached hydrogens (tertiary/aromatic N) is 3. The maximum Gasteiger partial charge on any atom is 0.0912 e. The molecule has 0 atom stereocenters. The smallest absolute Gasteiger partial charge is 0.0912 e. The third-order valence-corrected chi connectivity index (χ3v) is 6.39. The molecule has 0 fully saturated rings. The molecule has 0 radical (unpaired) electrons. The van der Waals surface area contributed by atoms with Crippen LogP contribution in [-0.2, 0) is 0 Å². The summed E-state index contributed by atoms with van der Waals surface area (Å²) in [6.45, 7) is 4.06. The maximum atomic E-state index is 8.94. The Morgan fingerprint density at radius 3 is 2.06 bits per heavy atom. The molecule has 4 aromatic carbocycles. The summed E-state index contributed by atoms with van der Waals surface area (Å²) >= 11 is 0. The van der Waals surface area contributed by atoms with E-state index in [2.05, 4.69) is 107 Å². The van der Waals surface area contributed by atoms with Crippen molar-refractivity contribution < 1.29 is 0 Å². The van der Waals surface area contributed by atoms with Crippen LogP contribution < -0.4 is 0 Å². The normalized spacial score (nSPS) is 12.3. The Morgan fingerprint density at radius 2 is 1.32 bits per heavy atom. The molecule has 0 saturated heterocycles. The van der Waals surface area contributed by atoms with Crippen molar-refractivity contribution in [3.05, 3.63) is 122 Å². The van der Waals surface area contributed by atoms with Gasteiger partial charge in [0.15, 0.2) is 0 Å². The lowest BCUT2D eigenvalue weighted by molar-refractivity contribution is 1.18. The zero-order valence-corrected chi connectivity index (χ0v) is 18.5. The van der Waals surface area contributed by atoms with Crippen molar-refractivity contribution in [3.8, 4) is 11.8 Å². The van der Waals surface area contributed by atoms with Crippen LogP contribution in [0.3, 0.4) is 0 Å². The van der Waals surface area contributed by atoms with E-state index in [9.17, 15) is 0 Å². The quantitative estimate of drug-likeness (QED) is 0.204. The van der Waals surface area contributed by atoms with Gasteiger partial charge in [0.1, 0.15) is 0 Å². The number of para-hydroxylation sites is 3. The molecule has 160 valence electrons. The van der Waals surface area contributed by atoms with Crippen molar-refractivity contribution in [2.75, 3.05) is 0 Å². The highest BCUT2D eigenvalue weighted by atomic mass is 15.0. The largest absolute Gasteiger partial charge is 0.309 e. The summed E-state index contributed by atoms with van der Waals surface area (Å²) in [4.78, 5) is 0. The average Bonchev–Trinajstić information content (AvgIpc) is 3.38. The van der Waals surface area contributed by atoms with Crippen molar-refractivity contribution in [1.29, 1.82) is 5.26 Å². The van der Waals surface area contributed by atoms with E-state index in [1.807, 2.05) is 18.2 Å². The zero-order valence-electron chi connectivity index (χ0n) is 18.5. The van der Waals surface area contributed by atoms with Gasteiger partial charge >= 0.3 is 0 Å². The van der Waals surface area contributed by atoms with Crippen LogP contribution in [0.2, 0.25) is 0 Å². The van der Waals surface area contributed by atoms with Crippen molar-refractivity contribution in [3.63, 3.8) is 0 Å². The van der Waals surface area contributed by atoms with E-state index in [0.29, 0.717) is 0 Å². The minimum Gasteiger partial charge on any atom is -0.309 e. The number of benzene rings is 4. The van der Waals surface area contributed by atoms with Gasteiger partial charge in [0.05, 0.1) is 28.1 Å². The lowest BCUT2D eigenvalue weighted by atomic mass is 10.1. The predicted molar refractivity (Wildman–Crippen MR) is 143 cm³/mol. The molecule has 6 rings (SSSR count). The number of fused-ring (bicyclic) bond motifs is 6. The molecule has 3 heteroatoms. The van der Waals surface area contributed by atoms with Crippen LogP contribution >= 0.6 is 0 Å². The molecule has 0 spiro atoms. The van der Waals surface area contributed by atoms with Gasteiger partial charge in [-0.1, -0.05) is 61.2 Å². The van der Waals surface area contributed by atoms with Crippen molar-refractivity contribution >= 4 is 49.3 Å². The Hall–Kier alpha value is -4.81. The van der Waals surface area contributed by atoms with Gasteiger partial charge in [-0.3, -0.25) is 0 Å². The van der Waals surface area contributed by atoms with Crippen LogP contribution in [0.15, 0.2) is 122 Å². The number of allylic oxidation sites excluding steroid dienone is 5. The zero-order chi connectivity index (χ0) is 23.1. The van der Waals surface area contributed by atoms with E-state index < -0.39 is 0 Å². The number of hydrogen-bond donors (Lipinski definition) is 0. The summed E-state index contributed by atoms with van der Waals surface area (Å²) in [6.07, 6.45) is 7.01. The molecule has 0 aliphatic carbocycles. The molecule has 0 saturated carbocycles. The van der Waals surface area contributed by atoms with Gasteiger partial charge in [-0.25, -0.2) is 0 Å². The molecule has 3 nitrogen and oxygen atoms in total. The Morgan fingerprint density at radius 1 is 0.706 bits per heavy atom. The number of rotatable bonds is 4. The summed E-state index contributed by atoms with van der Waals surface area (Å²) in [5, 5.41) is 13.7. The van der Waals surface area contributed by atoms with Gasteiger partial charge in [-0.15, -0.1) is 0 Å². The molecule has 0 aliphatic heterocycles. The number of hydrogen-bond acceptors (Lipinski definition) is 1. The lowest BCUT2D eigenvalue weighted by Gasteiger charge is -2.09. The molecule has 0 aliphatic rings. The molecule has 0 bridgehead atoms. The SMILES string of the molecule is C=C/C(=C\C=C\C#N)n1c2ccccc2c2cc3c(cc21)c1ccccc1n3-c1ccccc1. The third kappa shape index (κ3) is 2.90. The van der Waals surface area contributed by atoms with Crippen LogP contribution in [0.25, 0.3) is 55.0 Å². The van der Waals surface area contributed by atoms with Crippen LogP contribution in [0.4, 0.5) is 0 Å². The van der Waals surface area contributed by atoms with Gasteiger partial charge in [0.25, 0.3) is 0 Å². The van der Waals surface area contributed by atoms with Crippen LogP contribution in [0.1, 0.15) is 0 Å². The van der Waals surface area contributed by atoms with Crippen LogP contribution in [0.5, 0.6) is 0 Å². The highest BCUT2D eigenvalue weighted by Crippen LogP contribution is 2.39. The van der Waals surface area contributed by atoms with Crippen LogP contribution in [-0.4, -0.2) is 9.13 Å². The van der Waals surface area contributed by atoms with Gasteiger partial charge in [-0.05, 0) is 54.6 Å². The fraction of sp³-hybridized carbons (Fsp3) is 0. The van der Waals surface area contributed by atoms with E-state index in [4.69, 9.17) is 5.26 Å². The van der Waals surface area contributed by atoms with E-state index in [1.165, 1.54) is 38.7 Å². The molecular weight excluding hydrogens is 414 g/mol. The summed E-state index contributed by atoms with van der Waals surface area (Å²) in [5.74, 6) is 0. The lowest BCUT2D eigenvalue weighted by Crippen LogP contribution is -1.94. The summed E-state index contributed by atoms with van der Waals surface area (Å²) < 4.78 is 4.57. The molecular formula is C31H21N3. The third-order valence-electron chi connectivity index (χ3n) is 6.39. The van der Waals surface area contributed by atoms with E-state index in [-0.39, 0.29) is 0 Å². The van der Waals surface area contributed by atoms with Gasteiger partial charge in [0, 0.05) is 39.0 Å². The first kappa shape index (κ1) is 19.8. The highest BCUT2D eigenvalue weighted by Gasteiger charge is 2.18. The number of nitriles is 1. The van der Waals surface area contributed by atoms with E-state index in [0.717, 1.165) is 22.4 Å². The Bertz CT molecular complexity index is 1820. The van der Waals surface area contributed by atoms with Gasteiger partial charge in [0.2, 0.25) is 0 Å². The second-order valence-corrected chi connectivity index (χ2v) is 8.21. The maximum absolute atomic E-state index is 8.94. The minimum absolute atomic E-state index is 0.920. The van der Waals surface area contributed by atoms with Crippen molar-refractivity contribution in [1.82, 2.24) is 9.13 Å². The first-order valence-electron chi connectivity index (χ1n) is 11.2. The molecule has 34 heavy (non-hydrogen) atoms. The molecule has 6 aromatic rings. The fourth-order valence-electron chi connectivity index (χ4n) is 4.99. The molecule has 0 N–H and O–H groups in total. The van der Waals surface area contributed by atoms with E-state index >= 15 is 0 Å². The second kappa shape index (κ2) is 7.95. The van der Waals surface area contributed by atoms with Crippen molar-refractivity contribution in [2.45, 2.75) is 0 Å². The average molecular weight is 436 g/mol. The molecule has 0 unspecified atom stereocenters. The summed E-state index contributed by atoms with van der Waals surface area (Å²) in [5.41, 5.74) is 6.65. The molecule has 2 heterocycles. The predicted octanol–water partition coefficient (Wildman–Crippen LogP) is 8.00. The Kier molecular flexibility index (Phi) is 4.64. The molecule has 2 aromatic heterocycles. The monoisotopic (exact) mass is 435 g/mol. The van der Waals surface area contributed by atoms with Gasteiger partial charge in [-0.2, -0.15) is 5.26 Å². The highest BCUT2D eigenvalue weighted by molar-refractivity contribution is 6.19. The topological polar surface area (TPSA) is 33.6 Å². The summed E-state index contributed by atoms with van der Waals surface area (Å²) in [6, 6.07) is 34.2. The second-order valence-electron chi connectivity index (χ2n) is 8.21. The first-order chi connectivity index (χ1) is 16.8.